The minimum Gasteiger partial charge on any atom is -0.456 e. The second-order valence-electron chi connectivity index (χ2n) is 8.61. The molecule has 0 aliphatic carbocycles. The summed E-state index contributed by atoms with van der Waals surface area (Å²) in [7, 11) is 0. The number of aliphatic hydroxyl groups excluding tert-OH is 1. The van der Waals surface area contributed by atoms with Crippen LogP contribution in [0.4, 0.5) is 0 Å². The van der Waals surface area contributed by atoms with E-state index >= 15 is 0 Å². The Morgan fingerprint density at radius 1 is 1.25 bits per heavy atom. The van der Waals surface area contributed by atoms with Crippen LogP contribution in [0.25, 0.3) is 5.82 Å². The van der Waals surface area contributed by atoms with Crippen LogP contribution in [0.15, 0.2) is 35.9 Å². The van der Waals surface area contributed by atoms with Gasteiger partial charge in [-0.1, -0.05) is 6.07 Å². The Labute approximate surface area is 184 Å². The first kappa shape index (κ1) is 20.7. The van der Waals surface area contributed by atoms with Crippen molar-refractivity contribution in [2.24, 2.45) is 5.41 Å². The van der Waals surface area contributed by atoms with Crippen LogP contribution in [0.3, 0.4) is 0 Å². The molecule has 1 N–H and O–H groups in total. The molecule has 5 heterocycles. The first-order valence-corrected chi connectivity index (χ1v) is 10.8. The van der Waals surface area contributed by atoms with Gasteiger partial charge in [-0.15, -0.1) is 5.10 Å². The van der Waals surface area contributed by atoms with Crippen molar-refractivity contribution in [3.63, 3.8) is 0 Å². The van der Waals surface area contributed by atoms with Crippen LogP contribution in [-0.4, -0.2) is 90.9 Å². The fourth-order valence-corrected chi connectivity index (χ4v) is 4.80. The zero-order valence-electron chi connectivity index (χ0n) is 17.8. The number of likely N-dealkylation sites (tertiary alicyclic amines) is 2. The molecule has 1 spiro atoms. The SMILES string of the molecule is CC1=C(N2CC(O)C3(CCN(CCc4ccc(-n5cnnn5)nc4)CC3)C2=O)COC1=O. The molecule has 11 nitrogen and oxygen atoms in total. The van der Waals surface area contributed by atoms with Crippen LogP contribution in [0, 0.1) is 5.41 Å². The fraction of sp³-hybridized carbons (Fsp3) is 0.524. The number of tetrazole rings is 1. The van der Waals surface area contributed by atoms with E-state index in [1.807, 2.05) is 18.3 Å². The lowest BCUT2D eigenvalue weighted by atomic mass is 9.75. The molecule has 0 radical (unpaired) electrons. The molecular formula is C21H25N7O4. The number of ether oxygens (including phenoxy) is 1. The van der Waals surface area contributed by atoms with Crippen LogP contribution in [0.1, 0.15) is 25.3 Å². The van der Waals surface area contributed by atoms with Gasteiger partial charge in [-0.05, 0) is 61.3 Å². The molecular weight excluding hydrogens is 414 g/mol. The van der Waals surface area contributed by atoms with Gasteiger partial charge in [0.2, 0.25) is 5.91 Å². The largest absolute Gasteiger partial charge is 0.456 e. The van der Waals surface area contributed by atoms with Crippen molar-refractivity contribution in [3.8, 4) is 5.82 Å². The van der Waals surface area contributed by atoms with E-state index in [0.29, 0.717) is 29.9 Å². The number of β-amino-alcohol motifs (C(OH)–C–C–N with tert-alkyl or cyclic N) is 1. The summed E-state index contributed by atoms with van der Waals surface area (Å²) in [5.41, 5.74) is 1.39. The van der Waals surface area contributed by atoms with E-state index < -0.39 is 17.5 Å². The number of amides is 1. The van der Waals surface area contributed by atoms with Crippen molar-refractivity contribution in [2.75, 3.05) is 32.8 Å². The molecule has 1 amide bonds. The van der Waals surface area contributed by atoms with Gasteiger partial charge < -0.3 is 19.6 Å². The summed E-state index contributed by atoms with van der Waals surface area (Å²) < 4.78 is 6.56. The summed E-state index contributed by atoms with van der Waals surface area (Å²) in [5, 5.41) is 21.9. The number of pyridine rings is 1. The molecule has 0 saturated carbocycles. The van der Waals surface area contributed by atoms with Gasteiger partial charge in [-0.25, -0.2) is 9.78 Å². The molecule has 5 rings (SSSR count). The van der Waals surface area contributed by atoms with Crippen LogP contribution in [0.2, 0.25) is 0 Å². The molecule has 0 aromatic carbocycles. The minimum atomic E-state index is -0.773. The number of hydrogen-bond acceptors (Lipinski definition) is 9. The van der Waals surface area contributed by atoms with Gasteiger partial charge in [0.15, 0.2) is 5.82 Å². The molecule has 3 aliphatic rings. The summed E-state index contributed by atoms with van der Waals surface area (Å²) >= 11 is 0. The van der Waals surface area contributed by atoms with E-state index in [9.17, 15) is 14.7 Å². The molecule has 2 fully saturated rings. The Bertz CT molecular complexity index is 1040. The van der Waals surface area contributed by atoms with E-state index in [1.165, 1.54) is 11.0 Å². The Hall–Kier alpha value is -3.18. The Kier molecular flexibility index (Phi) is 5.22. The second-order valence-corrected chi connectivity index (χ2v) is 8.61. The standard InChI is InChI=1S/C21H25N7O4/c1-14-16(12-32-19(14)30)27-11-17(29)21(20(27)31)5-8-26(9-6-21)7-4-15-2-3-18(22-10-15)28-13-23-24-25-28/h2-3,10,13,17,29H,4-9,11-12H2,1H3. The second kappa shape index (κ2) is 8.06. The Morgan fingerprint density at radius 3 is 2.69 bits per heavy atom. The predicted molar refractivity (Wildman–Crippen MR) is 110 cm³/mol. The van der Waals surface area contributed by atoms with Crippen molar-refractivity contribution in [1.82, 2.24) is 35.0 Å². The number of aliphatic hydroxyl groups is 1. The summed E-state index contributed by atoms with van der Waals surface area (Å²) in [6, 6.07) is 3.89. The highest BCUT2D eigenvalue weighted by atomic mass is 16.5. The fourth-order valence-electron chi connectivity index (χ4n) is 4.80. The summed E-state index contributed by atoms with van der Waals surface area (Å²) in [6.45, 7) is 4.32. The topological polar surface area (TPSA) is 127 Å². The van der Waals surface area contributed by atoms with Gasteiger partial charge in [0.1, 0.15) is 12.9 Å². The number of piperidine rings is 1. The molecule has 168 valence electrons. The molecule has 3 aliphatic heterocycles. The van der Waals surface area contributed by atoms with Crippen LogP contribution in [0.5, 0.6) is 0 Å². The number of hydrogen-bond donors (Lipinski definition) is 1. The Balaban J connectivity index is 1.18. The summed E-state index contributed by atoms with van der Waals surface area (Å²) in [5.74, 6) is 0.190. The van der Waals surface area contributed by atoms with Crippen LogP contribution in [-0.2, 0) is 20.7 Å². The lowest BCUT2D eigenvalue weighted by Gasteiger charge is -2.39. The first-order valence-electron chi connectivity index (χ1n) is 10.8. The number of carbonyl (C=O) groups is 2. The van der Waals surface area contributed by atoms with E-state index in [-0.39, 0.29) is 19.1 Å². The van der Waals surface area contributed by atoms with E-state index in [2.05, 4.69) is 25.4 Å². The number of esters is 1. The zero-order chi connectivity index (χ0) is 22.3. The molecule has 2 aromatic heterocycles. The van der Waals surface area contributed by atoms with Gasteiger partial charge in [-0.3, -0.25) is 4.79 Å². The number of nitrogens with zero attached hydrogens (tertiary/aromatic N) is 7. The number of rotatable bonds is 5. The number of cyclic esters (lactones) is 1. The summed E-state index contributed by atoms with van der Waals surface area (Å²) in [6.07, 6.45) is 4.62. The molecule has 2 saturated heterocycles. The zero-order valence-corrected chi connectivity index (χ0v) is 17.8. The average Bonchev–Trinajstić information content (AvgIpc) is 3.52. The lowest BCUT2D eigenvalue weighted by molar-refractivity contribution is -0.140. The highest BCUT2D eigenvalue weighted by Gasteiger charge is 2.55. The maximum atomic E-state index is 13.3. The average molecular weight is 439 g/mol. The predicted octanol–water partition coefficient (Wildman–Crippen LogP) is -0.284. The third-order valence-corrected chi connectivity index (χ3v) is 6.93. The molecule has 2 aromatic rings. The number of carbonyl (C=O) groups excluding carboxylic acids is 2. The van der Waals surface area contributed by atoms with Crippen LogP contribution >= 0.6 is 0 Å². The van der Waals surface area contributed by atoms with Gasteiger partial charge in [0, 0.05) is 12.7 Å². The number of aromatic nitrogens is 5. The monoisotopic (exact) mass is 439 g/mol. The van der Waals surface area contributed by atoms with Gasteiger partial charge in [-0.2, -0.15) is 4.68 Å². The van der Waals surface area contributed by atoms with E-state index in [1.54, 1.807) is 11.8 Å². The van der Waals surface area contributed by atoms with Gasteiger partial charge in [0.25, 0.3) is 0 Å². The maximum Gasteiger partial charge on any atom is 0.336 e. The Morgan fingerprint density at radius 2 is 2.06 bits per heavy atom. The van der Waals surface area contributed by atoms with Crippen molar-refractivity contribution < 1.29 is 19.4 Å². The third-order valence-electron chi connectivity index (χ3n) is 6.93. The minimum absolute atomic E-state index is 0.0836. The van der Waals surface area contributed by atoms with Crippen molar-refractivity contribution in [2.45, 2.75) is 32.3 Å². The van der Waals surface area contributed by atoms with E-state index in [0.717, 1.165) is 31.6 Å². The normalized spacial score (nSPS) is 23.4. The van der Waals surface area contributed by atoms with Gasteiger partial charge >= 0.3 is 5.97 Å². The van der Waals surface area contributed by atoms with Crippen molar-refractivity contribution in [1.29, 1.82) is 0 Å². The van der Waals surface area contributed by atoms with Gasteiger partial charge in [0.05, 0.1) is 29.3 Å². The molecule has 1 atom stereocenters. The van der Waals surface area contributed by atoms with Crippen molar-refractivity contribution >= 4 is 11.9 Å². The van der Waals surface area contributed by atoms with E-state index in [4.69, 9.17) is 4.74 Å². The lowest BCUT2D eigenvalue weighted by Crippen LogP contribution is -2.48. The molecule has 32 heavy (non-hydrogen) atoms. The maximum absolute atomic E-state index is 13.3. The van der Waals surface area contributed by atoms with Crippen molar-refractivity contribution in [3.05, 3.63) is 41.5 Å². The third kappa shape index (κ3) is 3.47. The quantitative estimate of drug-likeness (QED) is 0.626. The smallest absolute Gasteiger partial charge is 0.336 e. The first-order chi connectivity index (χ1) is 15.5. The summed E-state index contributed by atoms with van der Waals surface area (Å²) in [4.78, 5) is 33.3. The van der Waals surface area contributed by atoms with Crippen LogP contribution < -0.4 is 0 Å². The molecule has 11 heteroatoms. The highest BCUT2D eigenvalue weighted by molar-refractivity contribution is 5.94. The highest BCUT2D eigenvalue weighted by Crippen LogP contribution is 2.44. The molecule has 1 unspecified atom stereocenters. The molecule has 0 bridgehead atoms.